The molecule has 0 fully saturated rings. The first-order chi connectivity index (χ1) is 9.33. The van der Waals surface area contributed by atoms with E-state index in [4.69, 9.17) is 4.74 Å². The van der Waals surface area contributed by atoms with Crippen molar-refractivity contribution in [2.24, 2.45) is 0 Å². The van der Waals surface area contributed by atoms with Gasteiger partial charge in [0.2, 0.25) is 5.91 Å². The predicted molar refractivity (Wildman–Crippen MR) is 69.7 cm³/mol. The lowest BCUT2D eigenvalue weighted by Gasteiger charge is -2.26. The van der Waals surface area contributed by atoms with Crippen LogP contribution >= 0.6 is 0 Å². The number of nitrogens with one attached hydrogen (secondary N) is 1. The van der Waals surface area contributed by atoms with Crippen LogP contribution < -0.4 is 10.1 Å². The zero-order valence-electron chi connectivity index (χ0n) is 10.5. The summed E-state index contributed by atoms with van der Waals surface area (Å²) in [4.78, 5) is 12.0. The molecule has 1 unspecified atom stereocenters. The molecule has 5 nitrogen and oxygen atoms in total. The van der Waals surface area contributed by atoms with Gasteiger partial charge in [-0.15, -0.1) is 0 Å². The average Bonchev–Trinajstić information content (AvgIpc) is 2.92. The van der Waals surface area contributed by atoms with E-state index in [1.165, 1.54) is 0 Å². The number of benzene rings is 1. The van der Waals surface area contributed by atoms with Gasteiger partial charge in [-0.1, -0.05) is 18.2 Å². The van der Waals surface area contributed by atoms with Crippen molar-refractivity contribution in [2.45, 2.75) is 19.0 Å². The minimum Gasteiger partial charge on any atom is -0.493 e. The maximum Gasteiger partial charge on any atom is 0.242 e. The van der Waals surface area contributed by atoms with Gasteiger partial charge >= 0.3 is 0 Å². The molecule has 1 aromatic carbocycles. The standard InChI is InChI=1S/C14H15N3O2/c18-14(10-17-8-3-7-15-17)16-12-6-9-19-13-5-2-1-4-11(12)13/h1-5,7-8,12H,6,9-10H2,(H,16,18). The van der Waals surface area contributed by atoms with Crippen LogP contribution in [0.5, 0.6) is 5.75 Å². The van der Waals surface area contributed by atoms with Crippen LogP contribution in [0, 0.1) is 0 Å². The molecule has 2 heterocycles. The molecular formula is C14H15N3O2. The molecule has 19 heavy (non-hydrogen) atoms. The number of fused-ring (bicyclic) bond motifs is 1. The van der Waals surface area contributed by atoms with Gasteiger partial charge in [-0.2, -0.15) is 5.10 Å². The first-order valence-corrected chi connectivity index (χ1v) is 6.31. The number of ether oxygens (including phenoxy) is 1. The molecule has 1 aliphatic heterocycles. The van der Waals surface area contributed by atoms with E-state index in [0.717, 1.165) is 17.7 Å². The number of carbonyl (C=O) groups is 1. The third kappa shape index (κ3) is 2.59. The summed E-state index contributed by atoms with van der Waals surface area (Å²) in [6.07, 6.45) is 4.23. The summed E-state index contributed by atoms with van der Waals surface area (Å²) in [6, 6.07) is 9.64. The fourth-order valence-corrected chi connectivity index (χ4v) is 2.27. The van der Waals surface area contributed by atoms with Crippen molar-refractivity contribution in [3.63, 3.8) is 0 Å². The molecule has 1 atom stereocenters. The second-order valence-electron chi connectivity index (χ2n) is 4.50. The minimum atomic E-state index is -0.0367. The van der Waals surface area contributed by atoms with Crippen LogP contribution in [0.1, 0.15) is 18.0 Å². The Kier molecular flexibility index (Phi) is 3.18. The molecule has 98 valence electrons. The molecule has 0 saturated carbocycles. The van der Waals surface area contributed by atoms with E-state index < -0.39 is 0 Å². The lowest BCUT2D eigenvalue weighted by atomic mass is 10.0. The summed E-state index contributed by atoms with van der Waals surface area (Å²) in [7, 11) is 0. The summed E-state index contributed by atoms with van der Waals surface area (Å²) in [6.45, 7) is 0.871. The molecule has 1 amide bonds. The maximum atomic E-state index is 12.0. The molecule has 2 aromatic rings. The van der Waals surface area contributed by atoms with Crippen LogP contribution in [0.3, 0.4) is 0 Å². The first kappa shape index (κ1) is 11.8. The van der Waals surface area contributed by atoms with Crippen LogP contribution in [0.25, 0.3) is 0 Å². The van der Waals surface area contributed by atoms with Crippen LogP contribution in [-0.2, 0) is 11.3 Å². The third-order valence-corrected chi connectivity index (χ3v) is 3.16. The Hall–Kier alpha value is -2.30. The van der Waals surface area contributed by atoms with Crippen molar-refractivity contribution in [3.8, 4) is 5.75 Å². The largest absolute Gasteiger partial charge is 0.493 e. The summed E-state index contributed by atoms with van der Waals surface area (Å²) in [5, 5.41) is 7.06. The molecule has 0 aliphatic carbocycles. The van der Waals surface area contributed by atoms with Crippen molar-refractivity contribution < 1.29 is 9.53 Å². The molecular weight excluding hydrogens is 242 g/mol. The van der Waals surface area contributed by atoms with Gasteiger partial charge in [0.1, 0.15) is 12.3 Å². The summed E-state index contributed by atoms with van der Waals surface area (Å²) < 4.78 is 7.18. The van der Waals surface area contributed by atoms with Crippen molar-refractivity contribution in [3.05, 3.63) is 48.3 Å². The highest BCUT2D eigenvalue weighted by Gasteiger charge is 2.22. The van der Waals surface area contributed by atoms with Crippen molar-refractivity contribution in [2.75, 3.05) is 6.61 Å². The van der Waals surface area contributed by atoms with Gasteiger partial charge in [0.05, 0.1) is 12.6 Å². The second kappa shape index (κ2) is 5.14. The van der Waals surface area contributed by atoms with Crippen LogP contribution in [-0.4, -0.2) is 22.3 Å². The summed E-state index contributed by atoms with van der Waals surface area (Å²) in [5.74, 6) is 0.823. The Morgan fingerprint density at radius 1 is 1.42 bits per heavy atom. The smallest absolute Gasteiger partial charge is 0.242 e. The number of nitrogens with zero attached hydrogens (tertiary/aromatic N) is 2. The van der Waals surface area contributed by atoms with E-state index in [2.05, 4.69) is 10.4 Å². The van der Waals surface area contributed by atoms with Gasteiger partial charge in [-0.05, 0) is 12.1 Å². The van der Waals surface area contributed by atoms with E-state index in [1.54, 1.807) is 23.1 Å². The van der Waals surface area contributed by atoms with Crippen LogP contribution in [0.2, 0.25) is 0 Å². The van der Waals surface area contributed by atoms with E-state index in [9.17, 15) is 4.79 Å². The highest BCUT2D eigenvalue weighted by molar-refractivity contribution is 5.76. The van der Waals surface area contributed by atoms with Gasteiger partial charge in [-0.3, -0.25) is 9.48 Å². The number of carbonyl (C=O) groups excluding carboxylic acids is 1. The molecule has 0 radical (unpaired) electrons. The highest BCUT2D eigenvalue weighted by atomic mass is 16.5. The Labute approximate surface area is 111 Å². The normalized spacial score (nSPS) is 17.4. The molecule has 0 spiro atoms. The Morgan fingerprint density at radius 2 is 2.32 bits per heavy atom. The zero-order valence-corrected chi connectivity index (χ0v) is 10.5. The minimum absolute atomic E-state index is 0.0213. The van der Waals surface area contributed by atoms with E-state index in [1.807, 2.05) is 24.3 Å². The summed E-state index contributed by atoms with van der Waals surface area (Å²) >= 11 is 0. The molecule has 0 bridgehead atoms. The fourth-order valence-electron chi connectivity index (χ4n) is 2.27. The van der Waals surface area contributed by atoms with Crippen LogP contribution in [0.15, 0.2) is 42.7 Å². The van der Waals surface area contributed by atoms with E-state index in [0.29, 0.717) is 6.61 Å². The number of hydrogen-bond acceptors (Lipinski definition) is 3. The Bertz CT molecular complexity index is 566. The second-order valence-corrected chi connectivity index (χ2v) is 4.50. The van der Waals surface area contributed by atoms with Gasteiger partial charge < -0.3 is 10.1 Å². The maximum absolute atomic E-state index is 12.0. The quantitative estimate of drug-likeness (QED) is 0.907. The summed E-state index contributed by atoms with van der Waals surface area (Å²) in [5.41, 5.74) is 1.04. The Morgan fingerprint density at radius 3 is 3.16 bits per heavy atom. The Balaban J connectivity index is 1.69. The van der Waals surface area contributed by atoms with Crippen molar-refractivity contribution in [1.82, 2.24) is 15.1 Å². The first-order valence-electron chi connectivity index (χ1n) is 6.31. The topological polar surface area (TPSA) is 56.2 Å². The number of aromatic nitrogens is 2. The number of hydrogen-bond donors (Lipinski definition) is 1. The molecule has 1 N–H and O–H groups in total. The molecule has 0 saturated heterocycles. The zero-order chi connectivity index (χ0) is 13.1. The monoisotopic (exact) mass is 257 g/mol. The van der Waals surface area contributed by atoms with Gasteiger partial charge in [0.25, 0.3) is 0 Å². The van der Waals surface area contributed by atoms with E-state index >= 15 is 0 Å². The predicted octanol–water partition coefficient (Wildman–Crippen LogP) is 1.52. The highest BCUT2D eigenvalue weighted by Crippen LogP contribution is 2.31. The molecule has 1 aromatic heterocycles. The van der Waals surface area contributed by atoms with E-state index in [-0.39, 0.29) is 18.5 Å². The molecule has 5 heteroatoms. The average molecular weight is 257 g/mol. The number of rotatable bonds is 3. The number of amides is 1. The van der Waals surface area contributed by atoms with Crippen molar-refractivity contribution >= 4 is 5.91 Å². The van der Waals surface area contributed by atoms with Gasteiger partial charge in [-0.25, -0.2) is 0 Å². The number of para-hydroxylation sites is 1. The SMILES string of the molecule is O=C(Cn1cccn1)NC1CCOc2ccccc21. The molecule has 1 aliphatic rings. The van der Waals surface area contributed by atoms with Gasteiger partial charge in [0.15, 0.2) is 0 Å². The lowest BCUT2D eigenvalue weighted by Crippen LogP contribution is -2.34. The third-order valence-electron chi connectivity index (χ3n) is 3.16. The molecule has 3 rings (SSSR count). The lowest BCUT2D eigenvalue weighted by molar-refractivity contribution is -0.122. The van der Waals surface area contributed by atoms with Gasteiger partial charge in [0, 0.05) is 24.4 Å². The fraction of sp³-hybridized carbons (Fsp3) is 0.286. The van der Waals surface area contributed by atoms with Crippen molar-refractivity contribution in [1.29, 1.82) is 0 Å². The van der Waals surface area contributed by atoms with Crippen LogP contribution in [0.4, 0.5) is 0 Å².